The van der Waals surface area contributed by atoms with E-state index in [1.165, 1.54) is 9.80 Å². The predicted molar refractivity (Wildman–Crippen MR) is 117 cm³/mol. The highest BCUT2D eigenvalue weighted by Gasteiger charge is 2.36. The Hall–Kier alpha value is -3.46. The van der Waals surface area contributed by atoms with E-state index in [9.17, 15) is 19.2 Å². The van der Waals surface area contributed by atoms with Crippen molar-refractivity contribution in [3.63, 3.8) is 0 Å². The van der Waals surface area contributed by atoms with Crippen molar-refractivity contribution in [2.75, 3.05) is 22.9 Å². The van der Waals surface area contributed by atoms with E-state index in [2.05, 4.69) is 5.23 Å². The molecule has 0 fully saturated rings. The van der Waals surface area contributed by atoms with Crippen molar-refractivity contribution in [1.82, 2.24) is 5.23 Å². The standard InChI is InChI=1S/C22H23BN3O5/c1-2-20(28)25-12-17(24-23-15-27)22(30)26(19-11-7-6-10-18(19)25)13-21(29)31-14-16-8-4-3-5-9-16/h3-11,15,17,24H,2,12-14H2,1H3/t17-/m0/s1. The highest BCUT2D eigenvalue weighted by molar-refractivity contribution is 6.64. The van der Waals surface area contributed by atoms with E-state index in [0.717, 1.165) is 13.0 Å². The molecule has 0 bridgehead atoms. The van der Waals surface area contributed by atoms with Crippen LogP contribution in [-0.2, 0) is 30.5 Å². The van der Waals surface area contributed by atoms with E-state index in [0.29, 0.717) is 17.6 Å². The van der Waals surface area contributed by atoms with Crippen molar-refractivity contribution < 1.29 is 23.9 Å². The number of benzene rings is 2. The van der Waals surface area contributed by atoms with Gasteiger partial charge in [0.2, 0.25) is 11.8 Å². The van der Waals surface area contributed by atoms with Crippen molar-refractivity contribution in [2.45, 2.75) is 26.0 Å². The van der Waals surface area contributed by atoms with Gasteiger partial charge in [0, 0.05) is 13.0 Å². The Morgan fingerprint density at radius 2 is 1.81 bits per heavy atom. The number of hydrogen-bond donors (Lipinski definition) is 1. The monoisotopic (exact) mass is 420 g/mol. The number of carbonyl (C=O) groups excluding carboxylic acids is 4. The Morgan fingerprint density at radius 1 is 1.13 bits per heavy atom. The van der Waals surface area contributed by atoms with Crippen LogP contribution in [0.5, 0.6) is 0 Å². The third-order valence-corrected chi connectivity index (χ3v) is 4.89. The van der Waals surface area contributed by atoms with Gasteiger partial charge in [-0.3, -0.25) is 19.3 Å². The van der Waals surface area contributed by atoms with Gasteiger partial charge in [-0.05, 0) is 17.7 Å². The molecule has 3 rings (SSSR count). The molecule has 1 heterocycles. The lowest BCUT2D eigenvalue weighted by atomic mass is 9.96. The number of fused-ring (bicyclic) bond motifs is 1. The first kappa shape index (κ1) is 22.2. The molecular formula is C22H23BN3O5. The van der Waals surface area contributed by atoms with Crippen LogP contribution in [0.25, 0.3) is 0 Å². The Labute approximate surface area is 181 Å². The molecule has 2 aromatic rings. The Morgan fingerprint density at radius 3 is 2.48 bits per heavy atom. The molecule has 1 N–H and O–H groups in total. The van der Waals surface area contributed by atoms with E-state index >= 15 is 0 Å². The van der Waals surface area contributed by atoms with Gasteiger partial charge in [0.05, 0.1) is 23.6 Å². The fourth-order valence-corrected chi connectivity index (χ4v) is 3.37. The number of nitrogens with zero attached hydrogens (tertiary/aromatic N) is 2. The summed E-state index contributed by atoms with van der Waals surface area (Å²) in [6.45, 7) is 1.53. The highest BCUT2D eigenvalue weighted by Crippen LogP contribution is 2.33. The van der Waals surface area contributed by atoms with Crippen molar-refractivity contribution in [3.8, 4) is 0 Å². The van der Waals surface area contributed by atoms with Crippen LogP contribution in [0.2, 0.25) is 0 Å². The van der Waals surface area contributed by atoms with Crippen LogP contribution in [0.15, 0.2) is 54.6 Å². The summed E-state index contributed by atoms with van der Waals surface area (Å²) in [4.78, 5) is 52.0. The molecule has 0 saturated heterocycles. The average Bonchev–Trinajstić information content (AvgIpc) is 2.92. The molecule has 0 unspecified atom stereocenters. The first-order valence-electron chi connectivity index (χ1n) is 9.98. The number of para-hydroxylation sites is 2. The summed E-state index contributed by atoms with van der Waals surface area (Å²) in [6.07, 6.45) is 0.765. The molecule has 0 aromatic heterocycles. The highest BCUT2D eigenvalue weighted by atomic mass is 16.5. The minimum absolute atomic E-state index is 0.0302. The molecular weight excluding hydrogens is 397 g/mol. The minimum Gasteiger partial charge on any atom is -0.459 e. The van der Waals surface area contributed by atoms with Gasteiger partial charge >= 0.3 is 5.97 Å². The van der Waals surface area contributed by atoms with Crippen molar-refractivity contribution in [2.24, 2.45) is 0 Å². The molecule has 0 aliphatic carbocycles. The zero-order valence-electron chi connectivity index (χ0n) is 17.2. The molecule has 1 aliphatic rings. The van der Waals surface area contributed by atoms with E-state index < -0.39 is 17.9 Å². The van der Waals surface area contributed by atoms with Crippen molar-refractivity contribution >= 4 is 42.8 Å². The quantitative estimate of drug-likeness (QED) is 0.393. The van der Waals surface area contributed by atoms with Crippen molar-refractivity contribution in [3.05, 3.63) is 60.2 Å². The summed E-state index contributed by atoms with van der Waals surface area (Å²) in [7, 11) is 1.11. The predicted octanol–water partition coefficient (Wildman–Crippen LogP) is 1.29. The lowest BCUT2D eigenvalue weighted by Crippen LogP contribution is -2.53. The number of rotatable bonds is 8. The molecule has 0 spiro atoms. The number of carbonyl (C=O) groups is 4. The van der Waals surface area contributed by atoms with Gasteiger partial charge in [-0.1, -0.05) is 49.4 Å². The van der Waals surface area contributed by atoms with Crippen LogP contribution >= 0.6 is 0 Å². The van der Waals surface area contributed by atoms with Crippen LogP contribution in [-0.4, -0.2) is 50.5 Å². The molecule has 1 aliphatic heterocycles. The molecule has 2 aromatic carbocycles. The third-order valence-electron chi connectivity index (χ3n) is 4.89. The van der Waals surface area contributed by atoms with Gasteiger partial charge in [-0.15, -0.1) is 0 Å². The fourth-order valence-electron chi connectivity index (χ4n) is 3.37. The normalized spacial score (nSPS) is 15.6. The second kappa shape index (κ2) is 10.5. The van der Waals surface area contributed by atoms with E-state index in [1.807, 2.05) is 30.3 Å². The Balaban J connectivity index is 1.87. The number of nitrogens with one attached hydrogen (secondary N) is 1. The maximum atomic E-state index is 13.3. The van der Waals surface area contributed by atoms with Crippen LogP contribution in [0.4, 0.5) is 11.4 Å². The molecule has 2 amide bonds. The van der Waals surface area contributed by atoms with E-state index in [-0.39, 0.29) is 32.0 Å². The fraction of sp³-hybridized carbons (Fsp3) is 0.273. The number of hydrogen-bond acceptors (Lipinski definition) is 6. The summed E-state index contributed by atoms with van der Waals surface area (Å²) in [5.74, 6) is -1.19. The molecule has 1 atom stereocenters. The second-order valence-corrected chi connectivity index (χ2v) is 6.94. The largest absolute Gasteiger partial charge is 0.459 e. The summed E-state index contributed by atoms with van der Waals surface area (Å²) >= 11 is 0. The lowest BCUT2D eigenvalue weighted by Gasteiger charge is -2.24. The van der Waals surface area contributed by atoms with Crippen molar-refractivity contribution in [1.29, 1.82) is 0 Å². The molecule has 9 heteroatoms. The number of ether oxygens (including phenoxy) is 1. The van der Waals surface area contributed by atoms with Gasteiger partial charge in [-0.25, -0.2) is 0 Å². The molecule has 8 nitrogen and oxygen atoms in total. The summed E-state index contributed by atoms with van der Waals surface area (Å²) in [5, 5.41) is 2.74. The minimum atomic E-state index is -0.893. The number of amides is 2. The SMILES string of the molecule is CCC(=O)N1C[C@H](N[B]C=O)C(=O)N(CC(=O)OCc2ccccc2)c2ccccc21. The van der Waals surface area contributed by atoms with E-state index in [1.54, 1.807) is 31.2 Å². The van der Waals surface area contributed by atoms with Crippen LogP contribution in [0.1, 0.15) is 18.9 Å². The Bertz CT molecular complexity index is 953. The average molecular weight is 420 g/mol. The maximum Gasteiger partial charge on any atom is 0.326 e. The first-order valence-corrected chi connectivity index (χ1v) is 9.98. The summed E-state index contributed by atoms with van der Waals surface area (Å²) in [6, 6.07) is 15.2. The maximum absolute atomic E-state index is 13.3. The first-order chi connectivity index (χ1) is 15.0. The van der Waals surface area contributed by atoms with Crippen LogP contribution in [0, 0.1) is 0 Å². The van der Waals surface area contributed by atoms with Gasteiger partial charge in [0.25, 0.3) is 7.41 Å². The van der Waals surface area contributed by atoms with Gasteiger partial charge < -0.3 is 19.7 Å². The van der Waals surface area contributed by atoms with Gasteiger partial charge in [0.15, 0.2) is 0 Å². The zero-order chi connectivity index (χ0) is 22.2. The number of esters is 1. The topological polar surface area (TPSA) is 96.0 Å². The van der Waals surface area contributed by atoms with E-state index in [4.69, 9.17) is 4.74 Å². The number of anilines is 2. The smallest absolute Gasteiger partial charge is 0.326 e. The third kappa shape index (κ3) is 5.38. The molecule has 1 radical (unpaired) electrons. The Kier molecular flexibility index (Phi) is 7.56. The van der Waals surface area contributed by atoms with Crippen LogP contribution < -0.4 is 15.0 Å². The molecule has 0 saturated carbocycles. The molecule has 159 valence electrons. The zero-order valence-corrected chi connectivity index (χ0v) is 17.2. The van der Waals surface area contributed by atoms with Crippen LogP contribution in [0.3, 0.4) is 0 Å². The lowest BCUT2D eigenvalue weighted by molar-refractivity contribution is -0.144. The molecule has 31 heavy (non-hydrogen) atoms. The second-order valence-electron chi connectivity index (χ2n) is 6.94. The van der Waals surface area contributed by atoms with Gasteiger partial charge in [-0.2, -0.15) is 0 Å². The summed E-state index contributed by atoms with van der Waals surface area (Å²) in [5.41, 5.74) is 1.79. The van der Waals surface area contributed by atoms with Gasteiger partial charge in [0.1, 0.15) is 13.2 Å². The summed E-state index contributed by atoms with van der Waals surface area (Å²) < 4.78 is 5.35.